The van der Waals surface area contributed by atoms with Gasteiger partial charge in [0, 0.05) is 19.6 Å². The molecule has 0 radical (unpaired) electrons. The Bertz CT molecular complexity index is 498. The van der Waals surface area contributed by atoms with E-state index < -0.39 is 10.0 Å². The number of nitrogens with two attached hydrogens (primary N) is 1. The molecule has 1 saturated heterocycles. The van der Waals surface area contributed by atoms with Crippen LogP contribution in [0.4, 0.5) is 0 Å². The predicted molar refractivity (Wildman–Crippen MR) is 71.0 cm³/mol. The fourth-order valence-electron chi connectivity index (χ4n) is 1.88. The van der Waals surface area contributed by atoms with Crippen molar-refractivity contribution in [3.63, 3.8) is 0 Å². The first kappa shape index (κ1) is 14.0. The number of thiophene rings is 1. The summed E-state index contributed by atoms with van der Waals surface area (Å²) in [5, 5.41) is 1.80. The van der Waals surface area contributed by atoms with Crippen molar-refractivity contribution in [3.8, 4) is 0 Å². The highest BCUT2D eigenvalue weighted by molar-refractivity contribution is 7.91. The number of morpholine rings is 1. The first-order valence-electron chi connectivity index (χ1n) is 5.97. The van der Waals surface area contributed by atoms with Crippen LogP contribution in [0.2, 0.25) is 0 Å². The van der Waals surface area contributed by atoms with E-state index in [0.717, 1.165) is 12.0 Å². The molecule has 5 nitrogen and oxygen atoms in total. The summed E-state index contributed by atoms with van der Waals surface area (Å²) in [7, 11) is -3.38. The largest absolute Gasteiger partial charge is 0.375 e. The molecule has 0 aromatic carbocycles. The van der Waals surface area contributed by atoms with Crippen LogP contribution in [0.3, 0.4) is 0 Å². The van der Waals surface area contributed by atoms with Crippen LogP contribution in [0.15, 0.2) is 15.7 Å². The molecule has 102 valence electrons. The molecule has 1 aliphatic heterocycles. The summed E-state index contributed by atoms with van der Waals surface area (Å²) in [5.74, 6) is 0. The molecule has 7 heteroatoms. The fourth-order valence-corrected chi connectivity index (χ4v) is 4.71. The fraction of sp³-hybridized carbons (Fsp3) is 0.636. The maximum absolute atomic E-state index is 12.4. The molecule has 1 unspecified atom stereocenters. The third kappa shape index (κ3) is 2.75. The van der Waals surface area contributed by atoms with Gasteiger partial charge in [-0.2, -0.15) is 4.31 Å². The third-order valence-corrected chi connectivity index (χ3v) is 6.35. The minimum Gasteiger partial charge on any atom is -0.375 e. The summed E-state index contributed by atoms with van der Waals surface area (Å²) in [4.78, 5) is 0. The molecule has 0 spiro atoms. The third-order valence-electron chi connectivity index (χ3n) is 3.02. The van der Waals surface area contributed by atoms with Crippen LogP contribution in [0.1, 0.15) is 18.9 Å². The second-order valence-electron chi connectivity index (χ2n) is 4.24. The second kappa shape index (κ2) is 5.66. The molecular formula is C11H18N2O3S2. The minimum atomic E-state index is -3.38. The van der Waals surface area contributed by atoms with E-state index in [1.54, 1.807) is 11.4 Å². The van der Waals surface area contributed by atoms with Gasteiger partial charge in [-0.05, 0) is 23.4 Å². The highest BCUT2D eigenvalue weighted by Gasteiger charge is 2.31. The normalized spacial score (nSPS) is 22.2. The molecule has 2 N–H and O–H groups in total. The Hall–Kier alpha value is -0.470. The number of sulfonamides is 1. The Labute approximate surface area is 112 Å². The van der Waals surface area contributed by atoms with E-state index in [0.29, 0.717) is 30.5 Å². The van der Waals surface area contributed by atoms with Gasteiger partial charge in [-0.1, -0.05) is 6.92 Å². The maximum atomic E-state index is 12.4. The topological polar surface area (TPSA) is 72.6 Å². The summed E-state index contributed by atoms with van der Waals surface area (Å²) in [6, 6.07) is 1.66. The molecule has 18 heavy (non-hydrogen) atoms. The Morgan fingerprint density at radius 3 is 3.00 bits per heavy atom. The minimum absolute atomic E-state index is 0.00228. The van der Waals surface area contributed by atoms with Gasteiger partial charge in [-0.3, -0.25) is 0 Å². The van der Waals surface area contributed by atoms with Crippen LogP contribution in [-0.4, -0.2) is 38.5 Å². The van der Waals surface area contributed by atoms with Gasteiger partial charge in [0.2, 0.25) is 0 Å². The van der Waals surface area contributed by atoms with E-state index in [2.05, 4.69) is 0 Å². The monoisotopic (exact) mass is 290 g/mol. The molecule has 0 saturated carbocycles. The number of ether oxygens (including phenoxy) is 1. The summed E-state index contributed by atoms with van der Waals surface area (Å²) < 4.78 is 32.2. The van der Waals surface area contributed by atoms with Crippen molar-refractivity contribution < 1.29 is 13.2 Å². The van der Waals surface area contributed by atoms with Crippen molar-refractivity contribution in [3.05, 3.63) is 17.0 Å². The molecular weight excluding hydrogens is 272 g/mol. The maximum Gasteiger partial charge on any atom is 0.252 e. The van der Waals surface area contributed by atoms with Crippen molar-refractivity contribution in [2.24, 2.45) is 5.73 Å². The zero-order valence-corrected chi connectivity index (χ0v) is 12.0. The molecule has 2 heterocycles. The Balaban J connectivity index is 2.19. The molecule has 1 aromatic rings. The molecule has 1 fully saturated rings. The predicted octanol–water partition coefficient (Wildman–Crippen LogP) is 1.01. The van der Waals surface area contributed by atoms with E-state index >= 15 is 0 Å². The molecule has 1 aromatic heterocycles. The average Bonchev–Trinajstić information content (AvgIpc) is 2.88. The van der Waals surface area contributed by atoms with Crippen molar-refractivity contribution in [2.45, 2.75) is 30.2 Å². The van der Waals surface area contributed by atoms with Gasteiger partial charge in [0.25, 0.3) is 10.0 Å². The molecule has 0 bridgehead atoms. The lowest BCUT2D eigenvalue weighted by Crippen LogP contribution is -2.45. The van der Waals surface area contributed by atoms with Crippen molar-refractivity contribution in [2.75, 3.05) is 19.7 Å². The van der Waals surface area contributed by atoms with Crippen molar-refractivity contribution in [1.29, 1.82) is 0 Å². The summed E-state index contributed by atoms with van der Waals surface area (Å²) in [6.45, 7) is 3.70. The molecule has 0 aliphatic carbocycles. The van der Waals surface area contributed by atoms with Crippen LogP contribution in [0, 0.1) is 0 Å². The highest BCUT2D eigenvalue weighted by Crippen LogP contribution is 2.25. The summed E-state index contributed by atoms with van der Waals surface area (Å²) in [6.07, 6.45) is 0.826. The standard InChI is InChI=1S/C11H18N2O3S2/c1-2-10-7-13(3-4-16-10)18(14,15)11-5-9(6-12)8-17-11/h5,8,10H,2-4,6-7,12H2,1H3. The van der Waals surface area contributed by atoms with Crippen LogP contribution < -0.4 is 5.73 Å². The van der Waals surface area contributed by atoms with Gasteiger partial charge in [-0.25, -0.2) is 8.42 Å². The Kier molecular flexibility index (Phi) is 4.39. The molecule has 1 aliphatic rings. The lowest BCUT2D eigenvalue weighted by Gasteiger charge is -2.31. The van der Waals surface area contributed by atoms with Crippen LogP contribution in [0.25, 0.3) is 0 Å². The number of rotatable bonds is 4. The van der Waals surface area contributed by atoms with Crippen LogP contribution in [0.5, 0.6) is 0 Å². The zero-order valence-electron chi connectivity index (χ0n) is 10.3. The van der Waals surface area contributed by atoms with Gasteiger partial charge in [-0.15, -0.1) is 11.3 Å². The SMILES string of the molecule is CCC1CN(S(=O)(=O)c2cc(CN)cs2)CCO1. The lowest BCUT2D eigenvalue weighted by molar-refractivity contribution is -0.00272. The van der Waals surface area contributed by atoms with E-state index in [9.17, 15) is 8.42 Å². The van der Waals surface area contributed by atoms with Crippen LogP contribution >= 0.6 is 11.3 Å². The number of nitrogens with zero attached hydrogens (tertiary/aromatic N) is 1. The summed E-state index contributed by atoms with van der Waals surface area (Å²) in [5.41, 5.74) is 6.37. The van der Waals surface area contributed by atoms with Crippen molar-refractivity contribution in [1.82, 2.24) is 4.31 Å². The van der Waals surface area contributed by atoms with Crippen LogP contribution in [-0.2, 0) is 21.3 Å². The summed E-state index contributed by atoms with van der Waals surface area (Å²) >= 11 is 1.23. The molecule has 1 atom stereocenters. The number of hydrogen-bond acceptors (Lipinski definition) is 5. The first-order valence-corrected chi connectivity index (χ1v) is 8.29. The van der Waals surface area contributed by atoms with Gasteiger partial charge < -0.3 is 10.5 Å². The molecule has 2 rings (SSSR count). The van der Waals surface area contributed by atoms with E-state index in [-0.39, 0.29) is 6.10 Å². The Morgan fingerprint density at radius 2 is 2.39 bits per heavy atom. The highest BCUT2D eigenvalue weighted by atomic mass is 32.2. The van der Waals surface area contributed by atoms with Gasteiger partial charge in [0.15, 0.2) is 0 Å². The first-order chi connectivity index (χ1) is 8.57. The van der Waals surface area contributed by atoms with Crippen molar-refractivity contribution >= 4 is 21.4 Å². The van der Waals surface area contributed by atoms with E-state index in [1.807, 2.05) is 6.92 Å². The second-order valence-corrected chi connectivity index (χ2v) is 7.32. The zero-order chi connectivity index (χ0) is 13.2. The van der Waals surface area contributed by atoms with E-state index in [4.69, 9.17) is 10.5 Å². The quantitative estimate of drug-likeness (QED) is 0.898. The van der Waals surface area contributed by atoms with E-state index in [1.165, 1.54) is 15.6 Å². The average molecular weight is 290 g/mol. The van der Waals surface area contributed by atoms with Gasteiger partial charge in [0.1, 0.15) is 4.21 Å². The van der Waals surface area contributed by atoms with Gasteiger partial charge >= 0.3 is 0 Å². The molecule has 0 amide bonds. The van der Waals surface area contributed by atoms with Gasteiger partial charge in [0.05, 0.1) is 12.7 Å². The smallest absolute Gasteiger partial charge is 0.252 e. The number of hydrogen-bond donors (Lipinski definition) is 1. The lowest BCUT2D eigenvalue weighted by atomic mass is 10.2. The Morgan fingerprint density at radius 1 is 1.61 bits per heavy atom.